The lowest BCUT2D eigenvalue weighted by atomic mass is 9.68. The second-order valence-corrected chi connectivity index (χ2v) is 7.78. The molecule has 2 saturated heterocycles. The molecule has 5 nitrogen and oxygen atoms in total. The second-order valence-electron chi connectivity index (χ2n) is 7.78. The predicted molar refractivity (Wildman–Crippen MR) is 96.3 cm³/mol. The number of nitrogens with zero attached hydrogens (tertiary/aromatic N) is 2. The van der Waals surface area contributed by atoms with Crippen LogP contribution in [0.25, 0.3) is 0 Å². The van der Waals surface area contributed by atoms with Crippen molar-refractivity contribution in [3.63, 3.8) is 0 Å². The summed E-state index contributed by atoms with van der Waals surface area (Å²) in [5.41, 5.74) is 1.19. The quantitative estimate of drug-likeness (QED) is 0.827. The number of piperidine rings is 2. The lowest BCUT2D eigenvalue weighted by Gasteiger charge is -2.48. The molecule has 2 amide bonds. The normalized spacial score (nSPS) is 23.2. The van der Waals surface area contributed by atoms with Gasteiger partial charge in [0.25, 0.3) is 0 Å². The molecule has 2 aliphatic rings. The molecular weight excluding hydrogens is 316 g/mol. The summed E-state index contributed by atoms with van der Waals surface area (Å²) in [6.45, 7) is 5.93. The van der Waals surface area contributed by atoms with Crippen LogP contribution in [0.5, 0.6) is 0 Å². The van der Waals surface area contributed by atoms with Gasteiger partial charge in [-0.25, -0.2) is 4.79 Å². The number of amides is 2. The highest BCUT2D eigenvalue weighted by Gasteiger charge is 2.45. The fourth-order valence-electron chi connectivity index (χ4n) is 4.18. The topological polar surface area (TPSA) is 49.9 Å². The maximum absolute atomic E-state index is 12.7. The van der Waals surface area contributed by atoms with Gasteiger partial charge in [0.1, 0.15) is 0 Å². The highest BCUT2D eigenvalue weighted by atomic mass is 16.6. The second kappa shape index (κ2) is 7.06. The van der Waals surface area contributed by atoms with E-state index < -0.39 is 0 Å². The SMILES string of the molecule is CC(C)OC(=O)N1CCC2(CC1)CC(c1ccccc1)C(=O)N(C)C2. The van der Waals surface area contributed by atoms with Gasteiger partial charge in [-0.05, 0) is 44.1 Å². The summed E-state index contributed by atoms with van der Waals surface area (Å²) in [4.78, 5) is 28.5. The van der Waals surface area contributed by atoms with Crippen LogP contribution in [-0.2, 0) is 9.53 Å². The first-order chi connectivity index (χ1) is 11.9. The van der Waals surface area contributed by atoms with E-state index in [0.29, 0.717) is 13.1 Å². The van der Waals surface area contributed by atoms with Crippen molar-refractivity contribution in [1.29, 1.82) is 0 Å². The Morgan fingerprint density at radius 3 is 2.44 bits per heavy atom. The zero-order valence-corrected chi connectivity index (χ0v) is 15.4. The molecule has 136 valence electrons. The highest BCUT2D eigenvalue weighted by Crippen LogP contribution is 2.45. The van der Waals surface area contributed by atoms with E-state index in [9.17, 15) is 9.59 Å². The molecule has 1 unspecified atom stereocenters. The van der Waals surface area contributed by atoms with Crippen LogP contribution < -0.4 is 0 Å². The maximum atomic E-state index is 12.7. The maximum Gasteiger partial charge on any atom is 0.410 e. The van der Waals surface area contributed by atoms with E-state index in [-0.39, 0.29) is 29.4 Å². The minimum Gasteiger partial charge on any atom is -0.447 e. The van der Waals surface area contributed by atoms with Gasteiger partial charge >= 0.3 is 6.09 Å². The Hall–Kier alpha value is -2.04. The lowest BCUT2D eigenvalue weighted by molar-refractivity contribution is -0.139. The number of benzene rings is 1. The summed E-state index contributed by atoms with van der Waals surface area (Å²) < 4.78 is 5.32. The summed E-state index contributed by atoms with van der Waals surface area (Å²) in [7, 11) is 1.90. The number of carbonyl (C=O) groups excluding carboxylic acids is 2. The van der Waals surface area contributed by atoms with Crippen LogP contribution in [0.4, 0.5) is 4.79 Å². The number of hydrogen-bond donors (Lipinski definition) is 0. The van der Waals surface area contributed by atoms with Crippen LogP contribution in [0.15, 0.2) is 30.3 Å². The van der Waals surface area contributed by atoms with Crippen molar-refractivity contribution in [2.45, 2.75) is 45.1 Å². The Balaban J connectivity index is 1.70. The van der Waals surface area contributed by atoms with Crippen LogP contribution in [-0.4, -0.2) is 54.6 Å². The van der Waals surface area contributed by atoms with E-state index >= 15 is 0 Å². The van der Waals surface area contributed by atoms with Gasteiger partial charge in [0, 0.05) is 26.7 Å². The smallest absolute Gasteiger partial charge is 0.410 e. The van der Waals surface area contributed by atoms with Crippen LogP contribution in [0.1, 0.15) is 44.6 Å². The molecule has 0 saturated carbocycles. The molecule has 1 aromatic carbocycles. The first kappa shape index (κ1) is 17.8. The zero-order valence-electron chi connectivity index (χ0n) is 15.4. The van der Waals surface area contributed by atoms with Crippen molar-refractivity contribution in [2.24, 2.45) is 5.41 Å². The van der Waals surface area contributed by atoms with Crippen molar-refractivity contribution in [1.82, 2.24) is 9.80 Å². The van der Waals surface area contributed by atoms with Gasteiger partial charge < -0.3 is 14.5 Å². The Kier molecular flexibility index (Phi) is 5.02. The molecule has 25 heavy (non-hydrogen) atoms. The van der Waals surface area contributed by atoms with Gasteiger partial charge in [0.15, 0.2) is 0 Å². The molecule has 2 heterocycles. The van der Waals surface area contributed by atoms with Crippen molar-refractivity contribution >= 4 is 12.0 Å². The lowest BCUT2D eigenvalue weighted by Crippen LogP contribution is -2.53. The van der Waals surface area contributed by atoms with Crippen molar-refractivity contribution in [2.75, 3.05) is 26.7 Å². The van der Waals surface area contributed by atoms with Crippen LogP contribution in [0.2, 0.25) is 0 Å². The fraction of sp³-hybridized carbons (Fsp3) is 0.600. The molecule has 0 aromatic heterocycles. The fourth-order valence-corrected chi connectivity index (χ4v) is 4.18. The Bertz CT molecular complexity index is 621. The molecule has 5 heteroatoms. The van der Waals surface area contributed by atoms with E-state index in [2.05, 4.69) is 0 Å². The van der Waals surface area contributed by atoms with Crippen molar-refractivity contribution in [3.05, 3.63) is 35.9 Å². The number of rotatable bonds is 2. The third-order valence-corrected chi connectivity index (χ3v) is 5.50. The standard InChI is InChI=1S/C20H28N2O3/c1-15(2)25-19(24)22-11-9-20(10-12-22)13-17(18(23)21(3)14-20)16-7-5-4-6-8-16/h4-8,15,17H,9-14H2,1-3H3. The average molecular weight is 344 g/mol. The number of likely N-dealkylation sites (tertiary alicyclic amines) is 2. The third-order valence-electron chi connectivity index (χ3n) is 5.50. The van der Waals surface area contributed by atoms with E-state index in [1.807, 2.05) is 56.1 Å². The summed E-state index contributed by atoms with van der Waals surface area (Å²) in [6, 6.07) is 10.1. The van der Waals surface area contributed by atoms with Crippen LogP contribution in [0.3, 0.4) is 0 Å². The van der Waals surface area contributed by atoms with Crippen molar-refractivity contribution in [3.8, 4) is 0 Å². The first-order valence-corrected chi connectivity index (χ1v) is 9.16. The van der Waals surface area contributed by atoms with E-state index in [1.165, 1.54) is 0 Å². The molecular formula is C20H28N2O3. The number of hydrogen-bond acceptors (Lipinski definition) is 3. The molecule has 1 spiro atoms. The summed E-state index contributed by atoms with van der Waals surface area (Å²) >= 11 is 0. The number of likely N-dealkylation sites (N-methyl/N-ethyl adjacent to an activating group) is 1. The van der Waals surface area contributed by atoms with Gasteiger partial charge in [-0.1, -0.05) is 30.3 Å². The van der Waals surface area contributed by atoms with Gasteiger partial charge in [-0.15, -0.1) is 0 Å². The van der Waals surface area contributed by atoms with E-state index in [1.54, 1.807) is 4.90 Å². The minimum atomic E-state index is -0.218. The molecule has 2 aliphatic heterocycles. The summed E-state index contributed by atoms with van der Waals surface area (Å²) in [5, 5.41) is 0. The highest BCUT2D eigenvalue weighted by molar-refractivity contribution is 5.84. The monoisotopic (exact) mass is 344 g/mol. The van der Waals surface area contributed by atoms with Crippen LogP contribution >= 0.6 is 0 Å². The van der Waals surface area contributed by atoms with Gasteiger partial charge in [0.05, 0.1) is 12.0 Å². The van der Waals surface area contributed by atoms with E-state index in [4.69, 9.17) is 4.74 Å². The molecule has 1 aromatic rings. The van der Waals surface area contributed by atoms with Crippen molar-refractivity contribution < 1.29 is 14.3 Å². The number of carbonyl (C=O) groups is 2. The molecule has 2 fully saturated rings. The molecule has 3 rings (SSSR count). The summed E-state index contributed by atoms with van der Waals surface area (Å²) in [6.07, 6.45) is 2.39. The third kappa shape index (κ3) is 3.80. The Morgan fingerprint density at radius 1 is 1.20 bits per heavy atom. The first-order valence-electron chi connectivity index (χ1n) is 9.16. The molecule has 1 atom stereocenters. The number of ether oxygens (including phenoxy) is 1. The van der Waals surface area contributed by atoms with Gasteiger partial charge in [0.2, 0.25) is 5.91 Å². The average Bonchev–Trinajstić information content (AvgIpc) is 2.59. The van der Waals surface area contributed by atoms with Crippen LogP contribution in [0, 0.1) is 5.41 Å². The molecule has 0 N–H and O–H groups in total. The largest absolute Gasteiger partial charge is 0.447 e. The molecule has 0 radical (unpaired) electrons. The van der Waals surface area contributed by atoms with E-state index in [0.717, 1.165) is 31.4 Å². The Morgan fingerprint density at radius 2 is 1.84 bits per heavy atom. The molecule has 0 aliphatic carbocycles. The van der Waals surface area contributed by atoms with Gasteiger partial charge in [-0.3, -0.25) is 4.79 Å². The molecule has 0 bridgehead atoms. The zero-order chi connectivity index (χ0) is 18.0. The minimum absolute atomic E-state index is 0.0749. The predicted octanol–water partition coefficient (Wildman–Crippen LogP) is 3.26. The Labute approximate surface area is 149 Å². The van der Waals surface area contributed by atoms with Gasteiger partial charge in [-0.2, -0.15) is 0 Å². The summed E-state index contributed by atoms with van der Waals surface area (Å²) in [5.74, 6) is 0.132.